The highest BCUT2D eigenvalue weighted by Gasteiger charge is 2.23. The molecule has 8 N–H and O–H groups in total. The summed E-state index contributed by atoms with van der Waals surface area (Å²) in [5, 5.41) is 30.1. The summed E-state index contributed by atoms with van der Waals surface area (Å²) >= 11 is 10.1. The van der Waals surface area contributed by atoms with E-state index in [0.717, 1.165) is 87.5 Å². The molecular formula is C107H119Br3N4O14. The molecule has 18 nitrogen and oxygen atoms in total. The van der Waals surface area contributed by atoms with Gasteiger partial charge in [-0.2, -0.15) is 0 Å². The summed E-state index contributed by atoms with van der Waals surface area (Å²) in [6.07, 6.45) is 0.295. The van der Waals surface area contributed by atoms with Crippen LogP contribution in [0.2, 0.25) is 0 Å². The van der Waals surface area contributed by atoms with E-state index in [1.807, 2.05) is 254 Å². The third-order valence-corrected chi connectivity index (χ3v) is 21.1. The van der Waals surface area contributed by atoms with E-state index in [-0.39, 0.29) is 83.4 Å². The normalized spacial score (nSPS) is 11.6. The number of nitrogens with one attached hydrogen (secondary N) is 3. The maximum Gasteiger partial charge on any atom is 0.337 e. The van der Waals surface area contributed by atoms with Gasteiger partial charge in [-0.15, -0.1) is 0 Å². The second kappa shape index (κ2) is 55.4. The minimum absolute atomic E-state index is 0.0564. The van der Waals surface area contributed by atoms with Crippen molar-refractivity contribution in [3.8, 4) is 28.7 Å². The zero-order valence-electron chi connectivity index (χ0n) is 75.3. The number of halogens is 3. The lowest BCUT2D eigenvalue weighted by Crippen LogP contribution is -2.28. The van der Waals surface area contributed by atoms with Crippen LogP contribution in [-0.4, -0.2) is 56.5 Å². The number of phenolic OH excluding ortho intramolecular Hbond substituents is 1. The molecule has 11 aromatic carbocycles. The van der Waals surface area contributed by atoms with Gasteiger partial charge in [0.1, 0.15) is 59.4 Å². The van der Waals surface area contributed by atoms with Crippen LogP contribution in [0.4, 0.5) is 0 Å². The van der Waals surface area contributed by atoms with E-state index >= 15 is 0 Å². The fourth-order valence-corrected chi connectivity index (χ4v) is 13.5. The minimum atomic E-state index is -0.915. The van der Waals surface area contributed by atoms with Crippen molar-refractivity contribution in [1.82, 2.24) is 15.3 Å². The highest BCUT2D eigenvalue weighted by Crippen LogP contribution is 2.34. The Morgan fingerprint density at radius 3 is 0.961 bits per heavy atom. The predicted molar refractivity (Wildman–Crippen MR) is 524 cm³/mol. The number of aromatic carboxylic acids is 1. The lowest BCUT2D eigenvalue weighted by atomic mass is 9.97. The van der Waals surface area contributed by atoms with Crippen LogP contribution in [0.3, 0.4) is 0 Å². The van der Waals surface area contributed by atoms with Crippen LogP contribution in [0.1, 0.15) is 203 Å². The summed E-state index contributed by atoms with van der Waals surface area (Å²) in [5.74, 6) is 3.80. The number of esters is 1. The molecule has 5 atom stereocenters. The molecule has 0 spiro atoms. The zero-order valence-corrected chi connectivity index (χ0v) is 80.0. The third-order valence-electron chi connectivity index (χ3n) is 19.5. The van der Waals surface area contributed by atoms with Gasteiger partial charge in [0.25, 0.3) is 17.0 Å². The number of H-pyrrole nitrogens is 2. The van der Waals surface area contributed by atoms with Crippen LogP contribution < -0.4 is 41.1 Å². The summed E-state index contributed by atoms with van der Waals surface area (Å²) in [5.41, 5.74) is 17.2. The van der Waals surface area contributed by atoms with Crippen LogP contribution in [0.25, 0.3) is 0 Å². The van der Waals surface area contributed by atoms with Gasteiger partial charge in [0.15, 0.2) is 0 Å². The standard InChI is InChI=1S/C25H28N2O3.C18H20O3.C17H18O3.C16H17BrO.C10H13BrO.C8H12N2O.C7H5BrO.C6H6O/c1-16(2)23(30-21-8-6-5-7-9-21)19-10-12-20(13-11-19)24(28)26-15-22-17(3)14-18(4)27-25(22)29;1-13(2)17(21-16-7-5-4-6-8-16)14-9-11-15(12-10-14)18(19)20-3;1-12(2)16(20-15-6-4-3-5-7-15)13-8-10-14(11-9-13)17(18)19;1-12(2)16(13-8-10-14(17)11-9-13)18-15-6-4-3-5-7-15;1-7(2)10(12)8-3-5-9(11)6-4-8;1-5-3-6(2)10-8(11)7(5)4-9;8-7-3-1-6(5-9)2-4-7;7-6-4-2-1-3-5-6/h5-14,16,23H,15H2,1-4H3,(H,26,28)(H,27,29);4-13,17H,1-3H3;3-12,16H,1-2H3,(H,18,19);3-12,16H,1-2H3;3-7,10,12H,1-2H3;3H,4,9H2,1-2H3,(H,10,11);1-5H;1-5,7H. The molecule has 21 heteroatoms. The number of aromatic amines is 2. The SMILES string of the molecule is CC(C)C(O)c1ccc(Br)cc1.CC(C)C(Oc1ccccc1)c1ccc(Br)cc1.CC(C)C(Oc1ccccc1)c1ccc(C(=O)O)cc1.COC(=O)c1ccc(C(Oc2ccccc2)C(C)C)cc1.Cc1cc(C)c(CN)c(=O)[nH]1.Cc1cc(C)c(CNC(=O)c2ccc(C(Oc3ccccc3)C(C)C)cc2)c(=O)[nH]1.O=Cc1ccc(Br)cc1.Oc1ccccc1. The number of carboxylic acid groups (broad SMARTS) is 1. The molecule has 5 unspecified atom stereocenters. The first-order valence-electron chi connectivity index (χ1n) is 42.2. The van der Waals surface area contributed by atoms with Crippen molar-refractivity contribution >= 4 is 71.9 Å². The second-order valence-corrected chi connectivity index (χ2v) is 34.4. The van der Waals surface area contributed by atoms with E-state index in [1.54, 1.807) is 72.8 Å². The molecule has 128 heavy (non-hydrogen) atoms. The van der Waals surface area contributed by atoms with Gasteiger partial charge < -0.3 is 60.0 Å². The van der Waals surface area contributed by atoms with Crippen molar-refractivity contribution in [3.05, 3.63) is 427 Å². The smallest absolute Gasteiger partial charge is 0.337 e. The highest BCUT2D eigenvalue weighted by atomic mass is 79.9. The van der Waals surface area contributed by atoms with Crippen molar-refractivity contribution < 1.29 is 58.2 Å². The predicted octanol–water partition coefficient (Wildman–Crippen LogP) is 25.6. The fraction of sp³-hybridized carbons (Fsp3) is 0.252. The van der Waals surface area contributed by atoms with Gasteiger partial charge in [-0.25, -0.2) is 9.59 Å². The molecule has 0 saturated carbocycles. The number of benzene rings is 11. The summed E-state index contributed by atoms with van der Waals surface area (Å²) < 4.78 is 32.2. The van der Waals surface area contributed by atoms with Crippen LogP contribution >= 0.6 is 47.8 Å². The molecule has 13 aromatic rings. The van der Waals surface area contributed by atoms with E-state index in [4.69, 9.17) is 39.6 Å². The monoisotopic (exact) mass is 1920 g/mol. The first-order chi connectivity index (χ1) is 61.2. The minimum Gasteiger partial charge on any atom is -0.508 e. The summed E-state index contributed by atoms with van der Waals surface area (Å²) in [6.45, 7) is 28.9. The molecule has 0 aliphatic rings. The molecule has 0 radical (unpaired) electrons. The molecule has 672 valence electrons. The van der Waals surface area contributed by atoms with E-state index in [2.05, 4.69) is 143 Å². The van der Waals surface area contributed by atoms with Crippen LogP contribution in [0.15, 0.2) is 332 Å². The van der Waals surface area contributed by atoms with Gasteiger partial charge >= 0.3 is 11.9 Å². The van der Waals surface area contributed by atoms with Crippen LogP contribution in [0, 0.1) is 57.3 Å². The molecule has 2 heterocycles. The van der Waals surface area contributed by atoms with Crippen molar-refractivity contribution in [2.45, 2.75) is 141 Å². The number of para-hydroxylation sites is 5. The van der Waals surface area contributed by atoms with Gasteiger partial charge in [0.05, 0.1) is 24.3 Å². The topological polar surface area (TPSA) is 279 Å². The molecule has 0 saturated heterocycles. The number of hydrogen-bond donors (Lipinski definition) is 7. The van der Waals surface area contributed by atoms with Gasteiger partial charge in [0.2, 0.25) is 0 Å². The maximum absolute atomic E-state index is 12.6. The number of aromatic hydroxyl groups is 1. The molecule has 2 aromatic heterocycles. The highest BCUT2D eigenvalue weighted by molar-refractivity contribution is 9.11. The number of rotatable bonds is 25. The second-order valence-electron chi connectivity index (χ2n) is 31.6. The van der Waals surface area contributed by atoms with E-state index in [9.17, 15) is 33.9 Å². The van der Waals surface area contributed by atoms with E-state index in [1.165, 1.54) is 12.7 Å². The largest absolute Gasteiger partial charge is 0.508 e. The molecule has 0 fully saturated rings. The number of hydrogen-bond acceptors (Lipinski definition) is 14. The molecular weight excluding hydrogens is 1800 g/mol. The number of phenols is 1. The Morgan fingerprint density at radius 2 is 0.688 bits per heavy atom. The maximum atomic E-state index is 12.6. The van der Waals surface area contributed by atoms with E-state index < -0.39 is 5.97 Å². The first-order valence-corrected chi connectivity index (χ1v) is 44.6. The first kappa shape index (κ1) is 105. The fourth-order valence-electron chi connectivity index (χ4n) is 12.7. The summed E-state index contributed by atoms with van der Waals surface area (Å²) in [7, 11) is 1.38. The van der Waals surface area contributed by atoms with Crippen molar-refractivity contribution in [2.75, 3.05) is 7.11 Å². The quantitative estimate of drug-likeness (QED) is 0.0207. The average Bonchev–Trinajstić information content (AvgIpc) is 0.833. The number of aryl methyl sites for hydroxylation is 4. The van der Waals surface area contributed by atoms with Crippen molar-refractivity contribution in [1.29, 1.82) is 0 Å². The molecule has 0 aliphatic carbocycles. The average molecular weight is 1920 g/mol. The van der Waals surface area contributed by atoms with Gasteiger partial charge in [-0.05, 0) is 242 Å². The summed E-state index contributed by atoms with van der Waals surface area (Å²) in [4.78, 5) is 73.7. The van der Waals surface area contributed by atoms with Crippen LogP contribution in [0.5, 0.6) is 28.7 Å². The molecule has 1 amide bonds. The number of ether oxygens (including phenoxy) is 5. The number of amides is 1. The molecule has 0 bridgehead atoms. The van der Waals surface area contributed by atoms with E-state index in [0.29, 0.717) is 51.9 Å². The van der Waals surface area contributed by atoms with Gasteiger partial charge in [0, 0.05) is 60.1 Å². The Balaban J connectivity index is 0.000000234. The van der Waals surface area contributed by atoms with Gasteiger partial charge in [-0.1, -0.05) is 281 Å². The summed E-state index contributed by atoms with van der Waals surface area (Å²) in [6, 6.07) is 96.6. The number of aromatic nitrogens is 2. The Bertz CT molecular complexity index is 5540. The number of carboxylic acids is 1. The zero-order chi connectivity index (χ0) is 93.8. The number of aliphatic hydroxyl groups excluding tert-OH is 1. The third kappa shape index (κ3) is 36.6. The number of pyridine rings is 2. The number of carbonyl (C=O) groups is 4. The Kier molecular flexibility index (Phi) is 45.2. The Morgan fingerprint density at radius 1 is 0.398 bits per heavy atom. The number of methoxy groups -OCH3 is 1. The molecule has 0 aliphatic heterocycles. The number of carbonyl (C=O) groups excluding carboxylic acids is 3. The van der Waals surface area contributed by atoms with Crippen molar-refractivity contribution in [2.24, 2.45) is 35.3 Å². The Hall–Kier alpha value is -12.2. The molecule has 13 rings (SSSR count). The van der Waals surface area contributed by atoms with Crippen molar-refractivity contribution in [3.63, 3.8) is 0 Å². The number of nitrogens with two attached hydrogens (primary N) is 1. The lowest BCUT2D eigenvalue weighted by molar-refractivity contribution is 0.0599. The lowest BCUT2D eigenvalue weighted by Gasteiger charge is -2.23. The van der Waals surface area contributed by atoms with Gasteiger partial charge in [-0.3, -0.25) is 19.2 Å². The Labute approximate surface area is 778 Å². The number of aldehydes is 1. The van der Waals surface area contributed by atoms with Crippen LogP contribution in [-0.2, 0) is 17.8 Å². The number of aliphatic hydroxyl groups is 1.